The van der Waals surface area contributed by atoms with E-state index in [-0.39, 0.29) is 0 Å². The summed E-state index contributed by atoms with van der Waals surface area (Å²) in [5, 5.41) is 3.63. The van der Waals surface area contributed by atoms with E-state index >= 15 is 0 Å². The molecule has 0 amide bonds. The Morgan fingerprint density at radius 3 is 3.12 bits per heavy atom. The molecule has 1 aromatic heterocycles. The zero-order valence-electron chi connectivity index (χ0n) is 9.44. The molecular weight excluding hydrogens is 216 g/mol. The molecule has 3 heteroatoms. The maximum atomic E-state index is 4.32. The van der Waals surface area contributed by atoms with Gasteiger partial charge in [-0.15, -0.1) is 11.3 Å². The van der Waals surface area contributed by atoms with Gasteiger partial charge >= 0.3 is 0 Å². The molecule has 2 nitrogen and oxygen atoms in total. The number of benzene rings is 1. The van der Waals surface area contributed by atoms with Crippen LogP contribution in [0.15, 0.2) is 23.7 Å². The molecule has 2 atom stereocenters. The second-order valence-electron chi connectivity index (χ2n) is 4.72. The second-order valence-corrected chi connectivity index (χ2v) is 5.61. The van der Waals surface area contributed by atoms with E-state index in [1.165, 1.54) is 23.1 Å². The first kappa shape index (κ1) is 10.2. The van der Waals surface area contributed by atoms with Crippen molar-refractivity contribution < 1.29 is 0 Å². The van der Waals surface area contributed by atoms with Crippen LogP contribution < -0.4 is 5.32 Å². The highest BCUT2D eigenvalue weighted by Gasteiger charge is 2.19. The van der Waals surface area contributed by atoms with Crippen LogP contribution in [-0.2, 0) is 0 Å². The topological polar surface area (TPSA) is 24.9 Å². The summed E-state index contributed by atoms with van der Waals surface area (Å²) >= 11 is 1.73. The molecule has 1 N–H and O–H groups in total. The molecule has 0 radical (unpaired) electrons. The van der Waals surface area contributed by atoms with E-state index in [9.17, 15) is 0 Å². The van der Waals surface area contributed by atoms with Crippen LogP contribution in [0.1, 0.15) is 31.4 Å². The lowest BCUT2D eigenvalue weighted by molar-refractivity contribution is 0.333. The Bertz CT molecular complexity index is 483. The maximum absolute atomic E-state index is 4.32. The summed E-state index contributed by atoms with van der Waals surface area (Å²) in [7, 11) is 0. The highest BCUT2D eigenvalue weighted by Crippen LogP contribution is 2.28. The average Bonchev–Trinajstić information content (AvgIpc) is 2.77. The van der Waals surface area contributed by atoms with Crippen LogP contribution in [-0.4, -0.2) is 11.5 Å². The third-order valence-corrected chi connectivity index (χ3v) is 4.21. The molecule has 2 heterocycles. The molecule has 16 heavy (non-hydrogen) atoms. The summed E-state index contributed by atoms with van der Waals surface area (Å²) < 4.78 is 1.30. The van der Waals surface area contributed by atoms with E-state index < -0.39 is 0 Å². The Labute approximate surface area is 99.7 Å². The fraction of sp³-hybridized carbons (Fsp3) is 0.462. The number of hydrogen-bond acceptors (Lipinski definition) is 3. The number of nitrogens with one attached hydrogen (secondary N) is 1. The van der Waals surface area contributed by atoms with Crippen molar-refractivity contribution in [2.24, 2.45) is 5.92 Å². The Morgan fingerprint density at radius 1 is 1.38 bits per heavy atom. The molecular formula is C13H16N2S. The first-order valence-corrected chi connectivity index (χ1v) is 6.77. The van der Waals surface area contributed by atoms with E-state index in [0.717, 1.165) is 18.0 Å². The number of nitrogens with zero attached hydrogens (tertiary/aromatic N) is 1. The van der Waals surface area contributed by atoms with Crippen molar-refractivity contribution in [2.75, 3.05) is 6.54 Å². The van der Waals surface area contributed by atoms with Gasteiger partial charge in [-0.3, -0.25) is 0 Å². The van der Waals surface area contributed by atoms with Crippen LogP contribution in [0, 0.1) is 5.92 Å². The largest absolute Gasteiger partial charge is 0.310 e. The first-order chi connectivity index (χ1) is 7.83. The number of thiazole rings is 1. The lowest BCUT2D eigenvalue weighted by atomic mass is 9.92. The van der Waals surface area contributed by atoms with Crippen molar-refractivity contribution in [1.82, 2.24) is 10.3 Å². The minimum Gasteiger partial charge on any atom is -0.310 e. The van der Waals surface area contributed by atoms with Gasteiger partial charge in [-0.25, -0.2) is 4.98 Å². The molecule has 1 fully saturated rings. The van der Waals surface area contributed by atoms with Crippen LogP contribution in [0.4, 0.5) is 0 Å². The lowest BCUT2D eigenvalue weighted by Crippen LogP contribution is -2.31. The summed E-state index contributed by atoms with van der Waals surface area (Å²) in [4.78, 5) is 4.32. The first-order valence-electron chi connectivity index (χ1n) is 5.89. The zero-order valence-corrected chi connectivity index (χ0v) is 10.3. The van der Waals surface area contributed by atoms with Crippen LogP contribution in [0.25, 0.3) is 10.2 Å². The lowest BCUT2D eigenvalue weighted by Gasteiger charge is -2.28. The molecule has 1 saturated heterocycles. The summed E-state index contributed by atoms with van der Waals surface area (Å²) in [6.45, 7) is 3.46. The van der Waals surface area contributed by atoms with Gasteiger partial charge in [0.1, 0.15) is 0 Å². The van der Waals surface area contributed by atoms with Gasteiger partial charge in [0.25, 0.3) is 0 Å². The van der Waals surface area contributed by atoms with Crippen molar-refractivity contribution >= 4 is 21.6 Å². The van der Waals surface area contributed by atoms with Gasteiger partial charge in [-0.1, -0.05) is 13.0 Å². The highest BCUT2D eigenvalue weighted by atomic mass is 32.1. The van der Waals surface area contributed by atoms with Crippen LogP contribution in [0.3, 0.4) is 0 Å². The molecule has 3 rings (SSSR count). The fourth-order valence-corrected chi connectivity index (χ4v) is 3.10. The van der Waals surface area contributed by atoms with Gasteiger partial charge in [-0.2, -0.15) is 0 Å². The molecule has 1 aliphatic heterocycles. The van der Waals surface area contributed by atoms with Gasteiger partial charge < -0.3 is 5.32 Å². The average molecular weight is 232 g/mol. The summed E-state index contributed by atoms with van der Waals surface area (Å²) in [5.41, 5.74) is 4.46. The van der Waals surface area contributed by atoms with Crippen molar-refractivity contribution in [3.05, 3.63) is 29.3 Å². The summed E-state index contributed by atoms with van der Waals surface area (Å²) in [6.07, 6.45) is 2.59. The third kappa shape index (κ3) is 1.85. The van der Waals surface area contributed by atoms with E-state index in [2.05, 4.69) is 35.4 Å². The zero-order chi connectivity index (χ0) is 11.0. The van der Waals surface area contributed by atoms with Crippen molar-refractivity contribution in [2.45, 2.75) is 25.8 Å². The molecule has 0 saturated carbocycles. The summed E-state index contributed by atoms with van der Waals surface area (Å²) in [5.74, 6) is 0.823. The van der Waals surface area contributed by atoms with Gasteiger partial charge in [-0.05, 0) is 43.0 Å². The van der Waals surface area contributed by atoms with Crippen LogP contribution in [0.2, 0.25) is 0 Å². The smallest absolute Gasteiger partial charge is 0.0812 e. The number of piperidine rings is 1. The maximum Gasteiger partial charge on any atom is 0.0812 e. The molecule has 2 aromatic rings. The molecule has 0 bridgehead atoms. The minimum absolute atomic E-state index is 0.544. The van der Waals surface area contributed by atoms with Gasteiger partial charge in [0.2, 0.25) is 0 Å². The van der Waals surface area contributed by atoms with Gasteiger partial charge in [0.15, 0.2) is 0 Å². The predicted octanol–water partition coefficient (Wildman–Crippen LogP) is 3.36. The number of fused-ring (bicyclic) bond motifs is 1. The van der Waals surface area contributed by atoms with E-state index in [1.54, 1.807) is 11.3 Å². The predicted molar refractivity (Wildman–Crippen MR) is 68.8 cm³/mol. The molecule has 0 aliphatic carbocycles. The molecule has 84 valence electrons. The molecule has 0 spiro atoms. The molecule has 0 unspecified atom stereocenters. The highest BCUT2D eigenvalue weighted by molar-refractivity contribution is 7.16. The van der Waals surface area contributed by atoms with E-state index in [1.807, 2.05) is 5.51 Å². The number of rotatable bonds is 1. The Hall–Kier alpha value is -0.930. The van der Waals surface area contributed by atoms with E-state index in [4.69, 9.17) is 0 Å². The fourth-order valence-electron chi connectivity index (χ4n) is 2.37. The van der Waals surface area contributed by atoms with Crippen LogP contribution in [0.5, 0.6) is 0 Å². The Kier molecular flexibility index (Phi) is 2.65. The normalized spacial score (nSPS) is 26.1. The van der Waals surface area contributed by atoms with Crippen molar-refractivity contribution in [1.29, 1.82) is 0 Å². The SMILES string of the molecule is C[C@@H]1CC[C@@H](c2ccc3ncsc3c2)NC1. The Morgan fingerprint density at radius 2 is 2.31 bits per heavy atom. The second kappa shape index (κ2) is 4.15. The standard InChI is InChI=1S/C13H16N2S/c1-9-2-4-11(14-7-9)10-3-5-12-13(6-10)16-8-15-12/h3,5-6,8-9,11,14H,2,4,7H2,1H3/t9-,11+/m1/s1. The van der Waals surface area contributed by atoms with E-state index in [0.29, 0.717) is 6.04 Å². The van der Waals surface area contributed by atoms with Crippen molar-refractivity contribution in [3.63, 3.8) is 0 Å². The minimum atomic E-state index is 0.544. The molecule has 1 aliphatic rings. The molecule has 1 aromatic carbocycles. The third-order valence-electron chi connectivity index (χ3n) is 3.42. The number of hydrogen-bond donors (Lipinski definition) is 1. The van der Waals surface area contributed by atoms with Gasteiger partial charge in [0, 0.05) is 6.04 Å². The monoisotopic (exact) mass is 232 g/mol. The van der Waals surface area contributed by atoms with Crippen molar-refractivity contribution in [3.8, 4) is 0 Å². The summed E-state index contributed by atoms with van der Waals surface area (Å²) in [6, 6.07) is 7.19. The van der Waals surface area contributed by atoms with Crippen LogP contribution >= 0.6 is 11.3 Å². The number of aromatic nitrogens is 1. The Balaban J connectivity index is 1.87. The van der Waals surface area contributed by atoms with Gasteiger partial charge in [0.05, 0.1) is 15.7 Å². The quantitative estimate of drug-likeness (QED) is 0.815.